The first-order chi connectivity index (χ1) is 11.5. The van der Waals surface area contributed by atoms with Crippen molar-refractivity contribution in [3.63, 3.8) is 0 Å². The predicted octanol–water partition coefficient (Wildman–Crippen LogP) is 5.70. The molecule has 0 radical (unpaired) electrons. The van der Waals surface area contributed by atoms with E-state index >= 15 is 0 Å². The van der Waals surface area contributed by atoms with Gasteiger partial charge in [0.05, 0.1) is 17.1 Å². The van der Waals surface area contributed by atoms with Gasteiger partial charge in [-0.15, -0.1) is 11.8 Å². The van der Waals surface area contributed by atoms with E-state index in [4.69, 9.17) is 4.74 Å². The summed E-state index contributed by atoms with van der Waals surface area (Å²) < 4.78 is 5.83. The number of fused-ring (bicyclic) bond motifs is 1. The number of hydrogen-bond acceptors (Lipinski definition) is 3. The van der Waals surface area contributed by atoms with Crippen LogP contribution in [0.2, 0.25) is 0 Å². The molecule has 0 amide bonds. The molecular weight excluding hydrogens is 314 g/mol. The molecule has 0 saturated carbocycles. The van der Waals surface area contributed by atoms with Crippen molar-refractivity contribution < 1.29 is 4.74 Å². The van der Waals surface area contributed by atoms with E-state index in [9.17, 15) is 0 Å². The number of para-hydroxylation sites is 1. The third-order valence-electron chi connectivity index (χ3n) is 3.90. The van der Waals surface area contributed by atoms with Gasteiger partial charge in [-0.1, -0.05) is 57.2 Å². The maximum absolute atomic E-state index is 5.83. The average Bonchev–Trinajstić information content (AvgIpc) is 2.58. The number of hydrogen-bond donors (Lipinski definition) is 0. The molecule has 3 heteroatoms. The number of rotatable bonds is 5. The molecule has 0 spiro atoms. The molecule has 0 aliphatic heterocycles. The van der Waals surface area contributed by atoms with Crippen molar-refractivity contribution in [2.75, 3.05) is 12.4 Å². The summed E-state index contributed by atoms with van der Waals surface area (Å²) in [5, 5.41) is 2.22. The molecule has 0 unspecified atom stereocenters. The first-order valence-corrected chi connectivity index (χ1v) is 9.23. The van der Waals surface area contributed by atoms with Crippen molar-refractivity contribution in [3.05, 3.63) is 66.2 Å². The van der Waals surface area contributed by atoms with Crippen LogP contribution < -0.4 is 4.74 Å². The Bertz CT molecular complexity index is 806. The van der Waals surface area contributed by atoms with Crippen LogP contribution in [0.4, 0.5) is 0 Å². The zero-order valence-corrected chi connectivity index (χ0v) is 15.3. The minimum atomic E-state index is 0.177. The maximum Gasteiger partial charge on any atom is 0.119 e. The number of nitrogens with zero attached hydrogens (tertiary/aromatic N) is 1. The van der Waals surface area contributed by atoms with E-state index in [2.05, 4.69) is 68.2 Å². The lowest BCUT2D eigenvalue weighted by Crippen LogP contribution is -2.10. The van der Waals surface area contributed by atoms with Gasteiger partial charge in [0, 0.05) is 11.1 Å². The molecule has 0 bridgehead atoms. The predicted molar refractivity (Wildman–Crippen MR) is 103 cm³/mol. The fourth-order valence-corrected chi connectivity index (χ4v) is 3.19. The molecule has 1 aromatic heterocycles. The van der Waals surface area contributed by atoms with Gasteiger partial charge >= 0.3 is 0 Å². The van der Waals surface area contributed by atoms with Gasteiger partial charge in [-0.3, -0.25) is 0 Å². The van der Waals surface area contributed by atoms with Gasteiger partial charge in [0.2, 0.25) is 0 Å². The van der Waals surface area contributed by atoms with Gasteiger partial charge in [0.25, 0.3) is 0 Å². The quantitative estimate of drug-likeness (QED) is 0.440. The summed E-state index contributed by atoms with van der Waals surface area (Å²) in [4.78, 5) is 4.67. The third-order valence-corrected chi connectivity index (χ3v) is 4.79. The zero-order chi connectivity index (χ0) is 17.0. The second-order valence-corrected chi connectivity index (χ2v) is 7.93. The fraction of sp³-hybridized carbons (Fsp3) is 0.286. The van der Waals surface area contributed by atoms with Crippen LogP contribution in [0.25, 0.3) is 10.9 Å². The molecule has 3 aromatic rings. The Morgan fingerprint density at radius 1 is 0.917 bits per heavy atom. The standard InChI is InChI=1S/C21H23NOS/c1-21(2,3)17-9-11-18(12-10-17)23-14-15-24-20-13-8-16-6-4-5-7-19(16)22-20/h4-13H,14-15H2,1-3H3. The van der Waals surface area contributed by atoms with E-state index < -0.39 is 0 Å². The second-order valence-electron chi connectivity index (χ2n) is 6.81. The van der Waals surface area contributed by atoms with Gasteiger partial charge < -0.3 is 4.74 Å². The van der Waals surface area contributed by atoms with E-state index in [0.29, 0.717) is 6.61 Å². The first-order valence-electron chi connectivity index (χ1n) is 8.24. The monoisotopic (exact) mass is 337 g/mol. The molecule has 0 atom stereocenters. The minimum absolute atomic E-state index is 0.177. The number of benzene rings is 2. The summed E-state index contributed by atoms with van der Waals surface area (Å²) in [7, 11) is 0. The van der Waals surface area contributed by atoms with Crippen LogP contribution in [-0.2, 0) is 5.41 Å². The zero-order valence-electron chi connectivity index (χ0n) is 14.5. The van der Waals surface area contributed by atoms with Crippen LogP contribution in [0.5, 0.6) is 5.75 Å². The summed E-state index contributed by atoms with van der Waals surface area (Å²) in [6, 6.07) is 20.8. The summed E-state index contributed by atoms with van der Waals surface area (Å²) in [6.07, 6.45) is 0. The van der Waals surface area contributed by atoms with E-state index in [1.807, 2.05) is 18.2 Å². The maximum atomic E-state index is 5.83. The van der Waals surface area contributed by atoms with Crippen LogP contribution in [0.15, 0.2) is 65.7 Å². The Morgan fingerprint density at radius 3 is 2.42 bits per heavy atom. The molecule has 0 aliphatic rings. The smallest absolute Gasteiger partial charge is 0.119 e. The van der Waals surface area contributed by atoms with Crippen molar-refractivity contribution in [3.8, 4) is 5.75 Å². The van der Waals surface area contributed by atoms with Gasteiger partial charge in [-0.2, -0.15) is 0 Å². The Morgan fingerprint density at radius 2 is 1.67 bits per heavy atom. The van der Waals surface area contributed by atoms with E-state index in [1.165, 1.54) is 10.9 Å². The molecular formula is C21H23NOS. The number of aromatic nitrogens is 1. The van der Waals surface area contributed by atoms with Crippen molar-refractivity contribution in [1.29, 1.82) is 0 Å². The fourth-order valence-electron chi connectivity index (χ4n) is 2.48. The molecule has 0 fully saturated rings. The van der Waals surface area contributed by atoms with Gasteiger partial charge in [0.1, 0.15) is 5.75 Å². The van der Waals surface area contributed by atoms with Crippen LogP contribution in [-0.4, -0.2) is 17.3 Å². The Hall–Kier alpha value is -2.00. The molecule has 0 aliphatic carbocycles. The van der Waals surface area contributed by atoms with E-state index in [1.54, 1.807) is 11.8 Å². The Labute approximate surface area is 148 Å². The number of pyridine rings is 1. The normalized spacial score (nSPS) is 11.6. The van der Waals surface area contributed by atoms with Gasteiger partial charge in [-0.05, 0) is 35.2 Å². The summed E-state index contributed by atoms with van der Waals surface area (Å²) in [6.45, 7) is 7.33. The van der Waals surface area contributed by atoms with Crippen molar-refractivity contribution in [2.45, 2.75) is 31.2 Å². The molecule has 0 N–H and O–H groups in total. The molecule has 2 nitrogen and oxygen atoms in total. The van der Waals surface area contributed by atoms with Crippen molar-refractivity contribution in [1.82, 2.24) is 4.98 Å². The lowest BCUT2D eigenvalue weighted by molar-refractivity contribution is 0.343. The van der Waals surface area contributed by atoms with E-state index in [0.717, 1.165) is 22.0 Å². The Kier molecular flexibility index (Phi) is 5.10. The second kappa shape index (κ2) is 7.27. The molecule has 3 rings (SSSR count). The van der Waals surface area contributed by atoms with Gasteiger partial charge in [0.15, 0.2) is 0 Å². The number of thioether (sulfide) groups is 1. The van der Waals surface area contributed by atoms with Crippen LogP contribution >= 0.6 is 11.8 Å². The molecule has 1 heterocycles. The molecule has 124 valence electrons. The molecule has 2 aromatic carbocycles. The highest BCUT2D eigenvalue weighted by Gasteiger charge is 2.12. The summed E-state index contributed by atoms with van der Waals surface area (Å²) in [5.41, 5.74) is 2.54. The minimum Gasteiger partial charge on any atom is -0.493 e. The van der Waals surface area contributed by atoms with Crippen LogP contribution in [0, 0.1) is 0 Å². The average molecular weight is 337 g/mol. The molecule has 0 saturated heterocycles. The highest BCUT2D eigenvalue weighted by atomic mass is 32.2. The van der Waals surface area contributed by atoms with Crippen molar-refractivity contribution >= 4 is 22.7 Å². The van der Waals surface area contributed by atoms with Gasteiger partial charge in [-0.25, -0.2) is 4.98 Å². The van der Waals surface area contributed by atoms with Crippen LogP contribution in [0.3, 0.4) is 0 Å². The number of ether oxygens (including phenoxy) is 1. The van der Waals surface area contributed by atoms with Crippen LogP contribution in [0.1, 0.15) is 26.3 Å². The van der Waals surface area contributed by atoms with E-state index in [-0.39, 0.29) is 5.41 Å². The third kappa shape index (κ3) is 4.30. The topological polar surface area (TPSA) is 22.1 Å². The lowest BCUT2D eigenvalue weighted by atomic mass is 9.87. The summed E-state index contributed by atoms with van der Waals surface area (Å²) in [5.74, 6) is 1.81. The largest absolute Gasteiger partial charge is 0.493 e. The SMILES string of the molecule is CC(C)(C)c1ccc(OCCSc2ccc3ccccc3n2)cc1. The van der Waals surface area contributed by atoms with Crippen molar-refractivity contribution in [2.24, 2.45) is 0 Å². The first kappa shape index (κ1) is 16.8. The lowest BCUT2D eigenvalue weighted by Gasteiger charge is -2.19. The highest BCUT2D eigenvalue weighted by Crippen LogP contribution is 2.24. The Balaban J connectivity index is 1.51. The summed E-state index contributed by atoms with van der Waals surface area (Å²) >= 11 is 1.73. The molecule has 24 heavy (non-hydrogen) atoms. The highest BCUT2D eigenvalue weighted by molar-refractivity contribution is 7.99.